The molecule has 0 aliphatic carbocycles. The second-order valence-electron chi connectivity index (χ2n) is 4.30. The van der Waals surface area contributed by atoms with Gasteiger partial charge in [-0.05, 0) is 24.3 Å². The summed E-state index contributed by atoms with van der Waals surface area (Å²) >= 11 is 1.70. The summed E-state index contributed by atoms with van der Waals surface area (Å²) in [4.78, 5) is 16.5. The fourth-order valence-corrected chi connectivity index (χ4v) is 2.67. The molecular formula is C13H18N4OS. The third-order valence-corrected chi connectivity index (χ3v) is 3.79. The number of carbonyl (C=O) groups excluding carboxylic acids is 1. The Kier molecular flexibility index (Phi) is 5.11. The Morgan fingerprint density at radius 3 is 3.05 bits per heavy atom. The standard InChI is InChI=1S/C13H18N4OS/c14-16-12(18)6-2-1-3-8-17-9-7-15-13(17)11-5-4-10-19-11/h4-5,7,9-10H,1-3,6,8,14H2,(H,16,18). The summed E-state index contributed by atoms with van der Waals surface area (Å²) < 4.78 is 2.16. The monoisotopic (exact) mass is 278 g/mol. The summed E-state index contributed by atoms with van der Waals surface area (Å²) in [6.45, 7) is 0.928. The van der Waals surface area contributed by atoms with Crippen LogP contribution in [0.4, 0.5) is 0 Å². The molecule has 0 aliphatic heterocycles. The van der Waals surface area contributed by atoms with Crippen molar-refractivity contribution in [3.05, 3.63) is 29.9 Å². The Morgan fingerprint density at radius 1 is 1.42 bits per heavy atom. The van der Waals surface area contributed by atoms with E-state index in [9.17, 15) is 4.79 Å². The first kappa shape index (κ1) is 13.8. The molecule has 0 radical (unpaired) electrons. The van der Waals surface area contributed by atoms with E-state index in [4.69, 9.17) is 5.84 Å². The van der Waals surface area contributed by atoms with Crippen LogP contribution in [0.2, 0.25) is 0 Å². The number of unbranched alkanes of at least 4 members (excludes halogenated alkanes) is 2. The van der Waals surface area contributed by atoms with Gasteiger partial charge in [0.2, 0.25) is 5.91 Å². The van der Waals surface area contributed by atoms with Gasteiger partial charge in [-0.2, -0.15) is 0 Å². The zero-order chi connectivity index (χ0) is 13.5. The van der Waals surface area contributed by atoms with Crippen molar-refractivity contribution in [2.45, 2.75) is 32.2 Å². The summed E-state index contributed by atoms with van der Waals surface area (Å²) in [6, 6.07) is 4.11. The molecule has 2 aromatic rings. The number of hydrogen-bond donors (Lipinski definition) is 2. The molecule has 3 N–H and O–H groups in total. The second kappa shape index (κ2) is 7.06. The fourth-order valence-electron chi connectivity index (χ4n) is 1.94. The smallest absolute Gasteiger partial charge is 0.233 e. The summed E-state index contributed by atoms with van der Waals surface area (Å²) in [7, 11) is 0. The van der Waals surface area contributed by atoms with Crippen molar-refractivity contribution in [2.75, 3.05) is 0 Å². The Morgan fingerprint density at radius 2 is 2.32 bits per heavy atom. The highest BCUT2D eigenvalue weighted by Gasteiger charge is 2.06. The number of rotatable bonds is 7. The first-order valence-electron chi connectivity index (χ1n) is 6.35. The van der Waals surface area contributed by atoms with Gasteiger partial charge in [-0.25, -0.2) is 10.8 Å². The van der Waals surface area contributed by atoms with Crippen molar-refractivity contribution in [3.8, 4) is 10.7 Å². The average Bonchev–Trinajstić information content (AvgIpc) is 3.08. The topological polar surface area (TPSA) is 72.9 Å². The largest absolute Gasteiger partial charge is 0.330 e. The molecular weight excluding hydrogens is 260 g/mol. The maximum atomic E-state index is 11.0. The fraction of sp³-hybridized carbons (Fsp3) is 0.385. The quantitative estimate of drug-likeness (QED) is 0.353. The lowest BCUT2D eigenvalue weighted by atomic mass is 10.2. The molecule has 0 bridgehead atoms. The van der Waals surface area contributed by atoms with Gasteiger partial charge in [0.15, 0.2) is 0 Å². The predicted octanol–water partition coefficient (Wildman–Crippen LogP) is 2.16. The third-order valence-electron chi connectivity index (χ3n) is 2.92. The summed E-state index contributed by atoms with van der Waals surface area (Å²) in [6.07, 6.45) is 7.24. The van der Waals surface area contributed by atoms with E-state index in [-0.39, 0.29) is 5.91 Å². The van der Waals surface area contributed by atoms with E-state index in [1.165, 1.54) is 4.88 Å². The molecule has 0 saturated heterocycles. The van der Waals surface area contributed by atoms with Gasteiger partial charge in [-0.3, -0.25) is 10.2 Å². The van der Waals surface area contributed by atoms with E-state index in [1.807, 2.05) is 18.5 Å². The van der Waals surface area contributed by atoms with Crippen LogP contribution in [0.3, 0.4) is 0 Å². The number of aromatic nitrogens is 2. The van der Waals surface area contributed by atoms with Gasteiger partial charge in [-0.1, -0.05) is 12.5 Å². The van der Waals surface area contributed by atoms with E-state index in [1.54, 1.807) is 11.3 Å². The van der Waals surface area contributed by atoms with Crippen molar-refractivity contribution in [2.24, 2.45) is 5.84 Å². The number of hydrazine groups is 1. The van der Waals surface area contributed by atoms with E-state index >= 15 is 0 Å². The van der Waals surface area contributed by atoms with Gasteiger partial charge in [0.05, 0.1) is 4.88 Å². The number of nitrogens with zero attached hydrogens (tertiary/aromatic N) is 2. The molecule has 0 saturated carbocycles. The molecule has 0 spiro atoms. The number of imidazole rings is 1. The van der Waals surface area contributed by atoms with Crippen LogP contribution in [0, 0.1) is 0 Å². The molecule has 2 rings (SSSR count). The Balaban J connectivity index is 1.78. The zero-order valence-electron chi connectivity index (χ0n) is 10.7. The highest BCUT2D eigenvalue weighted by molar-refractivity contribution is 7.13. The molecule has 1 amide bonds. The number of nitrogens with two attached hydrogens (primary N) is 1. The van der Waals surface area contributed by atoms with Gasteiger partial charge in [0.1, 0.15) is 5.82 Å². The van der Waals surface area contributed by atoms with Crippen molar-refractivity contribution < 1.29 is 4.79 Å². The molecule has 0 fully saturated rings. The summed E-state index contributed by atoms with van der Waals surface area (Å²) in [5.41, 5.74) is 2.14. The van der Waals surface area contributed by atoms with Crippen molar-refractivity contribution in [1.29, 1.82) is 0 Å². The van der Waals surface area contributed by atoms with Crippen LogP contribution in [0.15, 0.2) is 29.9 Å². The molecule has 0 aliphatic rings. The van der Waals surface area contributed by atoms with Crippen LogP contribution in [-0.2, 0) is 11.3 Å². The van der Waals surface area contributed by atoms with Gasteiger partial charge >= 0.3 is 0 Å². The number of thiophene rings is 1. The lowest BCUT2D eigenvalue weighted by Gasteiger charge is -2.06. The first-order chi connectivity index (χ1) is 9.31. The van der Waals surface area contributed by atoms with Crippen LogP contribution < -0.4 is 11.3 Å². The van der Waals surface area contributed by atoms with Gasteiger partial charge in [-0.15, -0.1) is 11.3 Å². The van der Waals surface area contributed by atoms with Crippen LogP contribution in [0.1, 0.15) is 25.7 Å². The number of amides is 1. The van der Waals surface area contributed by atoms with Gasteiger partial charge in [0, 0.05) is 25.4 Å². The first-order valence-corrected chi connectivity index (χ1v) is 7.23. The molecule has 102 valence electrons. The Hall–Kier alpha value is -1.66. The maximum Gasteiger partial charge on any atom is 0.233 e. The minimum Gasteiger partial charge on any atom is -0.330 e. The number of nitrogens with one attached hydrogen (secondary N) is 1. The summed E-state index contributed by atoms with van der Waals surface area (Å²) in [5.74, 6) is 5.95. The molecule has 0 unspecified atom stereocenters. The number of carbonyl (C=O) groups is 1. The highest BCUT2D eigenvalue weighted by Crippen LogP contribution is 2.23. The molecule has 0 atom stereocenters. The number of aryl methyl sites for hydroxylation is 1. The lowest BCUT2D eigenvalue weighted by molar-refractivity contribution is -0.121. The minimum absolute atomic E-state index is 0.0955. The van der Waals surface area contributed by atoms with Crippen LogP contribution in [0.5, 0.6) is 0 Å². The molecule has 5 nitrogen and oxygen atoms in total. The third kappa shape index (κ3) is 3.90. The van der Waals surface area contributed by atoms with Gasteiger partial charge in [0.25, 0.3) is 0 Å². The lowest BCUT2D eigenvalue weighted by Crippen LogP contribution is -2.29. The van der Waals surface area contributed by atoms with Crippen molar-refractivity contribution in [3.63, 3.8) is 0 Å². The molecule has 19 heavy (non-hydrogen) atoms. The number of hydrogen-bond acceptors (Lipinski definition) is 4. The van der Waals surface area contributed by atoms with Crippen LogP contribution in [-0.4, -0.2) is 15.5 Å². The van der Waals surface area contributed by atoms with Gasteiger partial charge < -0.3 is 4.57 Å². The minimum atomic E-state index is -0.0955. The molecule has 2 heterocycles. The Labute approximate surface area is 116 Å². The van der Waals surface area contributed by atoms with Crippen LogP contribution in [0.25, 0.3) is 10.7 Å². The van der Waals surface area contributed by atoms with Crippen LogP contribution >= 0.6 is 11.3 Å². The SMILES string of the molecule is NNC(=O)CCCCCn1ccnc1-c1cccs1. The molecule has 6 heteroatoms. The normalized spacial score (nSPS) is 10.6. The molecule has 2 aromatic heterocycles. The zero-order valence-corrected chi connectivity index (χ0v) is 11.5. The average molecular weight is 278 g/mol. The van der Waals surface area contributed by atoms with E-state index in [0.29, 0.717) is 6.42 Å². The van der Waals surface area contributed by atoms with E-state index in [0.717, 1.165) is 31.6 Å². The molecule has 0 aromatic carbocycles. The van der Waals surface area contributed by atoms with E-state index < -0.39 is 0 Å². The summed E-state index contributed by atoms with van der Waals surface area (Å²) in [5, 5.41) is 2.06. The van der Waals surface area contributed by atoms with Crippen molar-refractivity contribution >= 4 is 17.2 Å². The van der Waals surface area contributed by atoms with E-state index in [2.05, 4.69) is 26.4 Å². The second-order valence-corrected chi connectivity index (χ2v) is 5.25. The highest BCUT2D eigenvalue weighted by atomic mass is 32.1. The Bertz CT molecular complexity index is 506. The predicted molar refractivity (Wildman–Crippen MR) is 76.3 cm³/mol. The van der Waals surface area contributed by atoms with Crippen molar-refractivity contribution in [1.82, 2.24) is 15.0 Å². The maximum absolute atomic E-state index is 11.0.